The summed E-state index contributed by atoms with van der Waals surface area (Å²) in [5, 5.41) is 9.40. The minimum atomic E-state index is -0.565. The van der Waals surface area contributed by atoms with E-state index in [1.807, 2.05) is 6.07 Å². The van der Waals surface area contributed by atoms with Crippen LogP contribution in [-0.2, 0) is 4.79 Å². The quantitative estimate of drug-likeness (QED) is 0.314. The van der Waals surface area contributed by atoms with Crippen LogP contribution >= 0.6 is 23.2 Å². The number of benzene rings is 2. The Kier molecular flexibility index (Phi) is 6.64. The number of esters is 1. The summed E-state index contributed by atoms with van der Waals surface area (Å²) in [7, 11) is 1.47. The minimum absolute atomic E-state index is 0.278. The van der Waals surface area contributed by atoms with Crippen LogP contribution in [0, 0.1) is 11.3 Å². The van der Waals surface area contributed by atoms with Gasteiger partial charge in [-0.3, -0.25) is 0 Å². The fourth-order valence-electron chi connectivity index (χ4n) is 1.93. The predicted molar refractivity (Wildman–Crippen MR) is 98.8 cm³/mol. The van der Waals surface area contributed by atoms with Gasteiger partial charge in [0.05, 0.1) is 23.2 Å². The monoisotopic (exact) mass is 373 g/mol. The Morgan fingerprint density at radius 1 is 1.04 bits per heavy atom. The van der Waals surface area contributed by atoms with Gasteiger partial charge in [0.2, 0.25) is 0 Å². The smallest absolute Gasteiger partial charge is 0.336 e. The van der Waals surface area contributed by atoms with Crippen LogP contribution in [-0.4, -0.2) is 13.1 Å². The Labute approximate surface area is 155 Å². The Balaban J connectivity index is 2.11. The van der Waals surface area contributed by atoms with Crippen molar-refractivity contribution in [2.24, 2.45) is 0 Å². The fraction of sp³-hybridized carbons (Fsp3) is 0.0526. The molecule has 0 unspecified atom stereocenters. The fourth-order valence-corrected chi connectivity index (χ4v) is 2.23. The van der Waals surface area contributed by atoms with E-state index in [1.54, 1.807) is 48.6 Å². The van der Waals surface area contributed by atoms with E-state index in [1.165, 1.54) is 19.3 Å². The molecule has 0 saturated heterocycles. The van der Waals surface area contributed by atoms with Crippen LogP contribution in [0.5, 0.6) is 11.5 Å². The average molecular weight is 374 g/mol. The highest BCUT2D eigenvalue weighted by Gasteiger charge is 2.08. The summed E-state index contributed by atoms with van der Waals surface area (Å²) in [6, 6.07) is 11.9. The first kappa shape index (κ1) is 18.6. The number of allylic oxidation sites excluding steroid dienone is 1. The molecule has 0 amide bonds. The zero-order valence-electron chi connectivity index (χ0n) is 13.2. The van der Waals surface area contributed by atoms with Crippen LogP contribution in [0.3, 0.4) is 0 Å². The molecule has 6 heteroatoms. The molecule has 0 aliphatic rings. The van der Waals surface area contributed by atoms with Crippen molar-refractivity contribution in [2.75, 3.05) is 7.11 Å². The number of ether oxygens (including phenoxy) is 2. The third-order valence-electron chi connectivity index (χ3n) is 3.10. The molecule has 0 radical (unpaired) electrons. The zero-order valence-corrected chi connectivity index (χ0v) is 14.7. The lowest BCUT2D eigenvalue weighted by molar-refractivity contribution is -0.129. The van der Waals surface area contributed by atoms with Crippen molar-refractivity contribution in [1.29, 1.82) is 5.26 Å². The van der Waals surface area contributed by atoms with Crippen molar-refractivity contribution in [1.82, 2.24) is 0 Å². The minimum Gasteiger partial charge on any atom is -0.493 e. The lowest BCUT2D eigenvalue weighted by Gasteiger charge is -2.08. The molecule has 2 rings (SSSR count). The third kappa shape index (κ3) is 5.39. The van der Waals surface area contributed by atoms with E-state index in [-0.39, 0.29) is 5.75 Å². The van der Waals surface area contributed by atoms with Gasteiger partial charge in [-0.1, -0.05) is 35.3 Å². The molecule has 2 aromatic carbocycles. The number of rotatable bonds is 5. The van der Waals surface area contributed by atoms with Gasteiger partial charge in [-0.05, 0) is 47.5 Å². The first-order chi connectivity index (χ1) is 12.0. The molecule has 0 heterocycles. The van der Waals surface area contributed by atoms with Gasteiger partial charge < -0.3 is 9.47 Å². The van der Waals surface area contributed by atoms with Gasteiger partial charge >= 0.3 is 5.97 Å². The molecule has 4 nitrogen and oxygen atoms in total. The van der Waals surface area contributed by atoms with Gasteiger partial charge in [-0.15, -0.1) is 0 Å². The maximum atomic E-state index is 12.0. The summed E-state index contributed by atoms with van der Waals surface area (Å²) in [4.78, 5) is 12.0. The van der Waals surface area contributed by atoms with Gasteiger partial charge in [0.1, 0.15) is 0 Å². The standard InChI is InChI=1S/C19H13Cl2NO3/c1-24-18-12-13(3-2-10-22)5-8-17(18)25-19(23)9-6-14-4-7-15(20)16(21)11-14/h2-9,11-12H,1H3/b3-2-,9-6+. The number of carbonyl (C=O) groups excluding carboxylic acids is 1. The number of hydrogen-bond acceptors (Lipinski definition) is 4. The van der Waals surface area contributed by atoms with Gasteiger partial charge in [0.15, 0.2) is 11.5 Å². The predicted octanol–water partition coefficient (Wildman–Crippen LogP) is 5.16. The van der Waals surface area contributed by atoms with Crippen LogP contribution in [0.1, 0.15) is 11.1 Å². The van der Waals surface area contributed by atoms with Gasteiger partial charge in [-0.2, -0.15) is 5.26 Å². The van der Waals surface area contributed by atoms with Crippen molar-refractivity contribution in [3.05, 3.63) is 69.7 Å². The third-order valence-corrected chi connectivity index (χ3v) is 3.84. The van der Waals surface area contributed by atoms with E-state index in [9.17, 15) is 4.79 Å². The summed E-state index contributed by atoms with van der Waals surface area (Å²) in [5.74, 6) is 0.0986. The second-order valence-electron chi connectivity index (χ2n) is 4.80. The van der Waals surface area contributed by atoms with Crippen molar-refractivity contribution < 1.29 is 14.3 Å². The average Bonchev–Trinajstić information content (AvgIpc) is 2.61. The van der Waals surface area contributed by atoms with Crippen molar-refractivity contribution in [3.8, 4) is 17.6 Å². The van der Waals surface area contributed by atoms with E-state index in [0.29, 0.717) is 15.8 Å². The maximum absolute atomic E-state index is 12.0. The SMILES string of the molecule is COc1cc(/C=C\C#N)ccc1OC(=O)/C=C/c1ccc(Cl)c(Cl)c1. The van der Waals surface area contributed by atoms with Gasteiger partial charge in [-0.25, -0.2) is 4.79 Å². The summed E-state index contributed by atoms with van der Waals surface area (Å²) in [6.45, 7) is 0. The summed E-state index contributed by atoms with van der Waals surface area (Å²) in [6.07, 6.45) is 5.82. The molecule has 0 bridgehead atoms. The molecule has 0 fully saturated rings. The molecular weight excluding hydrogens is 361 g/mol. The lowest BCUT2D eigenvalue weighted by Crippen LogP contribution is -2.05. The molecule has 0 saturated carbocycles. The van der Waals surface area contributed by atoms with Crippen molar-refractivity contribution in [3.63, 3.8) is 0 Å². The van der Waals surface area contributed by atoms with E-state index in [2.05, 4.69) is 0 Å². The van der Waals surface area contributed by atoms with E-state index < -0.39 is 5.97 Å². The van der Waals surface area contributed by atoms with Crippen LogP contribution < -0.4 is 9.47 Å². The van der Waals surface area contributed by atoms with E-state index in [0.717, 1.165) is 11.1 Å². The number of carbonyl (C=O) groups is 1. The summed E-state index contributed by atoms with van der Waals surface area (Å²) in [5.41, 5.74) is 1.47. The van der Waals surface area contributed by atoms with Crippen molar-refractivity contribution in [2.45, 2.75) is 0 Å². The Morgan fingerprint density at radius 2 is 1.76 bits per heavy atom. The van der Waals surface area contributed by atoms with Gasteiger partial charge in [0, 0.05) is 12.2 Å². The first-order valence-electron chi connectivity index (χ1n) is 7.12. The van der Waals surface area contributed by atoms with E-state index >= 15 is 0 Å². The normalized spacial score (nSPS) is 10.8. The number of halogens is 2. The molecule has 0 aliphatic heterocycles. The van der Waals surface area contributed by atoms with Crippen LogP contribution in [0.25, 0.3) is 12.2 Å². The topological polar surface area (TPSA) is 59.3 Å². The Morgan fingerprint density at radius 3 is 2.44 bits per heavy atom. The Bertz CT molecular complexity index is 883. The lowest BCUT2D eigenvalue weighted by atomic mass is 10.2. The van der Waals surface area contributed by atoms with Gasteiger partial charge in [0.25, 0.3) is 0 Å². The zero-order chi connectivity index (χ0) is 18.2. The highest BCUT2D eigenvalue weighted by atomic mass is 35.5. The number of methoxy groups -OCH3 is 1. The summed E-state index contributed by atoms with van der Waals surface area (Å²) < 4.78 is 10.5. The second-order valence-corrected chi connectivity index (χ2v) is 5.62. The number of nitriles is 1. The number of nitrogens with zero attached hydrogens (tertiary/aromatic N) is 1. The van der Waals surface area contributed by atoms with Crippen LogP contribution in [0.2, 0.25) is 10.0 Å². The second kappa shape index (κ2) is 8.93. The molecule has 0 N–H and O–H groups in total. The number of hydrogen-bond donors (Lipinski definition) is 0. The van der Waals surface area contributed by atoms with Crippen molar-refractivity contribution >= 4 is 41.3 Å². The highest BCUT2D eigenvalue weighted by molar-refractivity contribution is 6.42. The molecule has 0 spiro atoms. The maximum Gasteiger partial charge on any atom is 0.336 e. The summed E-state index contributed by atoms with van der Waals surface area (Å²) >= 11 is 11.8. The molecule has 0 atom stereocenters. The van der Waals surface area contributed by atoms with Crippen LogP contribution in [0.15, 0.2) is 48.6 Å². The molecule has 0 aliphatic carbocycles. The molecule has 126 valence electrons. The largest absolute Gasteiger partial charge is 0.493 e. The Hall–Kier alpha value is -2.74. The van der Waals surface area contributed by atoms with Crippen LogP contribution in [0.4, 0.5) is 0 Å². The molecule has 25 heavy (non-hydrogen) atoms. The first-order valence-corrected chi connectivity index (χ1v) is 7.88. The molecule has 0 aromatic heterocycles. The molecule has 2 aromatic rings. The van der Waals surface area contributed by atoms with E-state index in [4.69, 9.17) is 37.9 Å². The molecular formula is C19H13Cl2NO3. The highest BCUT2D eigenvalue weighted by Crippen LogP contribution is 2.29.